The highest BCUT2D eigenvalue weighted by Crippen LogP contribution is 2.37. The first-order valence-electron chi connectivity index (χ1n) is 12.0. The van der Waals surface area contributed by atoms with E-state index in [1.165, 1.54) is 18.5 Å². The maximum absolute atomic E-state index is 13.9. The second-order valence-electron chi connectivity index (χ2n) is 9.21. The van der Waals surface area contributed by atoms with Gasteiger partial charge in [0.2, 0.25) is 0 Å². The Kier molecular flexibility index (Phi) is 6.86. The van der Waals surface area contributed by atoms with Gasteiger partial charge in [-0.05, 0) is 42.3 Å². The van der Waals surface area contributed by atoms with Crippen molar-refractivity contribution in [1.82, 2.24) is 25.1 Å². The topological polar surface area (TPSA) is 72.7 Å². The van der Waals surface area contributed by atoms with Crippen molar-refractivity contribution in [2.24, 2.45) is 7.05 Å². The van der Waals surface area contributed by atoms with Crippen LogP contribution in [-0.2, 0) is 25.2 Å². The third-order valence-electron chi connectivity index (χ3n) is 6.63. The number of hydrogen-bond donors (Lipinski definition) is 1. The van der Waals surface area contributed by atoms with Crippen molar-refractivity contribution in [3.8, 4) is 0 Å². The number of fused-ring (bicyclic) bond motifs is 1. The average molecular weight is 550 g/mol. The highest BCUT2D eigenvalue weighted by atomic mass is 35.5. The minimum atomic E-state index is -4.58. The number of hydrogen-bond acceptors (Lipinski definition) is 4. The van der Waals surface area contributed by atoms with E-state index in [0.29, 0.717) is 22.4 Å². The number of aromatic nitrogens is 4. The van der Waals surface area contributed by atoms with Crippen LogP contribution >= 0.6 is 11.6 Å². The molecule has 5 rings (SSSR count). The van der Waals surface area contributed by atoms with Gasteiger partial charge in [0.25, 0.3) is 5.91 Å². The molecule has 2 aromatic carbocycles. The molecule has 1 unspecified atom stereocenters. The maximum Gasteiger partial charge on any atom is 0.416 e. The van der Waals surface area contributed by atoms with Crippen molar-refractivity contribution in [3.63, 3.8) is 0 Å². The summed E-state index contributed by atoms with van der Waals surface area (Å²) in [5.41, 5.74) is 0.215. The van der Waals surface area contributed by atoms with Crippen LogP contribution in [0.25, 0.3) is 11.0 Å². The fourth-order valence-corrected chi connectivity index (χ4v) is 5.14. The fraction of sp³-hybridized carbons (Fsp3) is 0.172. The second kappa shape index (κ2) is 10.1. The number of carbonyl (C=O) groups is 1. The Labute approximate surface area is 227 Å². The van der Waals surface area contributed by atoms with Crippen molar-refractivity contribution < 1.29 is 18.0 Å². The molecule has 0 aliphatic carbocycles. The number of nitrogens with zero attached hydrogens (tertiary/aromatic N) is 4. The first-order chi connectivity index (χ1) is 18.6. The van der Waals surface area contributed by atoms with Crippen LogP contribution < -0.4 is 5.32 Å². The monoisotopic (exact) mass is 549 g/mol. The summed E-state index contributed by atoms with van der Waals surface area (Å²) in [4.78, 5) is 22.8. The lowest BCUT2D eigenvalue weighted by molar-refractivity contribution is -0.137. The summed E-state index contributed by atoms with van der Waals surface area (Å²) in [7, 11) is 1.72. The van der Waals surface area contributed by atoms with E-state index in [2.05, 4.69) is 20.4 Å². The van der Waals surface area contributed by atoms with E-state index in [4.69, 9.17) is 11.6 Å². The molecule has 3 aromatic heterocycles. The molecule has 0 spiro atoms. The Morgan fingerprint density at radius 1 is 0.974 bits per heavy atom. The second-order valence-corrected chi connectivity index (χ2v) is 9.59. The van der Waals surface area contributed by atoms with E-state index in [9.17, 15) is 18.0 Å². The van der Waals surface area contributed by atoms with Crippen LogP contribution in [0.3, 0.4) is 0 Å². The van der Waals surface area contributed by atoms with Gasteiger partial charge in [0, 0.05) is 25.9 Å². The van der Waals surface area contributed by atoms with Crippen LogP contribution in [0.4, 0.5) is 13.2 Å². The Hall–Kier alpha value is -4.24. The largest absolute Gasteiger partial charge is 0.416 e. The predicted molar refractivity (Wildman–Crippen MR) is 142 cm³/mol. The summed E-state index contributed by atoms with van der Waals surface area (Å²) in [6.07, 6.45) is -1.58. The van der Waals surface area contributed by atoms with Gasteiger partial charge in [0.1, 0.15) is 5.54 Å². The zero-order valence-electron chi connectivity index (χ0n) is 21.0. The number of amides is 1. The Bertz CT molecular complexity index is 1650. The van der Waals surface area contributed by atoms with Gasteiger partial charge in [0.15, 0.2) is 5.65 Å². The Morgan fingerprint density at radius 3 is 2.38 bits per heavy atom. The number of alkyl halides is 3. The molecular formula is C29H23ClF3N5O. The minimum absolute atomic E-state index is 0.0700. The van der Waals surface area contributed by atoms with Gasteiger partial charge in [-0.2, -0.15) is 18.3 Å². The predicted octanol–water partition coefficient (Wildman–Crippen LogP) is 6.26. The van der Waals surface area contributed by atoms with Crippen LogP contribution in [0.5, 0.6) is 0 Å². The smallest absolute Gasteiger partial charge is 0.336 e. The van der Waals surface area contributed by atoms with Gasteiger partial charge in [-0.25, -0.2) is 4.98 Å². The van der Waals surface area contributed by atoms with Crippen LogP contribution in [0.15, 0.2) is 85.2 Å². The molecule has 1 atom stereocenters. The molecule has 198 valence electrons. The van der Waals surface area contributed by atoms with Gasteiger partial charge in [-0.1, -0.05) is 60.1 Å². The maximum atomic E-state index is 13.9. The molecule has 5 aromatic rings. The number of rotatable bonds is 6. The van der Waals surface area contributed by atoms with Crippen molar-refractivity contribution >= 4 is 28.5 Å². The van der Waals surface area contributed by atoms with E-state index in [-0.39, 0.29) is 22.6 Å². The molecule has 0 fully saturated rings. The molecule has 0 aliphatic heterocycles. The summed E-state index contributed by atoms with van der Waals surface area (Å²) >= 11 is 6.70. The lowest BCUT2D eigenvalue weighted by Gasteiger charge is -2.36. The molecule has 0 saturated heterocycles. The molecular weight excluding hydrogens is 527 g/mol. The highest BCUT2D eigenvalue weighted by Gasteiger charge is 2.40. The summed E-state index contributed by atoms with van der Waals surface area (Å²) in [5.74, 6) is -0.614. The third-order valence-corrected chi connectivity index (χ3v) is 7.02. The first kappa shape index (κ1) is 26.4. The van der Waals surface area contributed by atoms with E-state index in [1.54, 1.807) is 42.9 Å². The van der Waals surface area contributed by atoms with E-state index in [0.717, 1.165) is 17.7 Å². The van der Waals surface area contributed by atoms with Gasteiger partial charge in [0.05, 0.1) is 32.9 Å². The van der Waals surface area contributed by atoms with Crippen molar-refractivity contribution in [2.75, 3.05) is 0 Å². The normalized spacial score (nSPS) is 13.3. The van der Waals surface area contributed by atoms with Crippen LogP contribution in [0.2, 0.25) is 5.02 Å². The summed E-state index contributed by atoms with van der Waals surface area (Å²) in [6.45, 7) is 1.76. The molecule has 6 nitrogen and oxygen atoms in total. The molecule has 1 N–H and O–H groups in total. The Balaban J connectivity index is 1.72. The molecule has 3 heterocycles. The molecule has 0 saturated carbocycles. The molecule has 39 heavy (non-hydrogen) atoms. The standard InChI is InChI=1S/C29H23ClF3N5O/c1-18-24-25(30)22(17-35-26(24)38(2)37-18)27(39)36-28(23-13-6-7-14-34-23,16-19-9-4-3-5-10-19)20-11-8-12-21(15-20)29(31,32)33/h3-15,17H,16H2,1-2H3,(H,36,39). The number of aryl methyl sites for hydroxylation is 2. The SMILES string of the molecule is Cc1nn(C)c2ncc(C(=O)NC(Cc3ccccc3)(c3cccc(C(F)(F)F)c3)c3ccccn3)c(Cl)c12. The van der Waals surface area contributed by atoms with Gasteiger partial charge in [-0.15, -0.1) is 0 Å². The molecule has 0 bridgehead atoms. The average Bonchev–Trinajstić information content (AvgIpc) is 3.22. The summed E-state index contributed by atoms with van der Waals surface area (Å²) < 4.78 is 43.0. The van der Waals surface area contributed by atoms with Crippen molar-refractivity contribution in [3.05, 3.63) is 124 Å². The van der Waals surface area contributed by atoms with Crippen LogP contribution in [0, 0.1) is 6.92 Å². The molecule has 0 aliphatic rings. The molecule has 1 amide bonds. The zero-order valence-corrected chi connectivity index (χ0v) is 21.8. The van der Waals surface area contributed by atoms with Gasteiger partial charge in [-0.3, -0.25) is 14.5 Å². The number of benzene rings is 2. The number of halogens is 4. The number of carbonyl (C=O) groups excluding carboxylic acids is 1. The first-order valence-corrected chi connectivity index (χ1v) is 12.4. The Morgan fingerprint density at radius 2 is 1.69 bits per heavy atom. The number of pyridine rings is 2. The zero-order chi connectivity index (χ0) is 27.8. The number of nitrogens with one attached hydrogen (secondary N) is 1. The lowest BCUT2D eigenvalue weighted by atomic mass is 9.79. The quantitative estimate of drug-likeness (QED) is 0.271. The molecule has 0 radical (unpaired) electrons. The van der Waals surface area contributed by atoms with Gasteiger partial charge >= 0.3 is 6.18 Å². The third kappa shape index (κ3) is 4.97. The highest BCUT2D eigenvalue weighted by molar-refractivity contribution is 6.38. The van der Waals surface area contributed by atoms with Crippen molar-refractivity contribution in [1.29, 1.82) is 0 Å². The summed E-state index contributed by atoms with van der Waals surface area (Å²) in [6, 6.07) is 19.2. The van der Waals surface area contributed by atoms with Crippen LogP contribution in [-0.4, -0.2) is 25.7 Å². The summed E-state index contributed by atoms with van der Waals surface area (Å²) in [5, 5.41) is 8.03. The van der Waals surface area contributed by atoms with E-state index < -0.39 is 23.2 Å². The van der Waals surface area contributed by atoms with E-state index >= 15 is 0 Å². The lowest BCUT2D eigenvalue weighted by Crippen LogP contribution is -2.49. The van der Waals surface area contributed by atoms with Crippen LogP contribution in [0.1, 0.15) is 38.4 Å². The van der Waals surface area contributed by atoms with Crippen molar-refractivity contribution in [2.45, 2.75) is 25.1 Å². The molecule has 10 heteroatoms. The van der Waals surface area contributed by atoms with E-state index in [1.807, 2.05) is 30.3 Å². The fourth-order valence-electron chi connectivity index (χ4n) is 4.79. The minimum Gasteiger partial charge on any atom is -0.336 e. The van der Waals surface area contributed by atoms with Gasteiger partial charge < -0.3 is 5.32 Å².